The molecule has 0 bridgehead atoms. The van der Waals surface area contributed by atoms with Crippen LogP contribution in [0.15, 0.2) is 18.3 Å². The minimum Gasteiger partial charge on any atom is -0.325 e. The predicted molar refractivity (Wildman–Crippen MR) is 68.0 cm³/mol. The molecule has 1 rings (SSSR count). The third kappa shape index (κ3) is 4.29. The zero-order chi connectivity index (χ0) is 11.8. The Balaban J connectivity index is 2.60. The smallest absolute Gasteiger partial charge is 0.0542 e. The molecular formula is C13H23N3. The maximum Gasteiger partial charge on any atom is 0.0542 e. The Morgan fingerprint density at radius 2 is 1.94 bits per heavy atom. The average molecular weight is 221 g/mol. The topological polar surface area (TPSA) is 42.2 Å². The van der Waals surface area contributed by atoms with Gasteiger partial charge in [0.2, 0.25) is 0 Å². The Morgan fingerprint density at radius 3 is 2.50 bits per heavy atom. The van der Waals surface area contributed by atoms with Crippen LogP contribution in [0.4, 0.5) is 0 Å². The molecule has 0 amide bonds. The first kappa shape index (κ1) is 13.1. The highest BCUT2D eigenvalue weighted by Gasteiger charge is 2.04. The van der Waals surface area contributed by atoms with Crippen molar-refractivity contribution in [2.75, 3.05) is 13.1 Å². The lowest BCUT2D eigenvalue weighted by Gasteiger charge is -2.21. The summed E-state index contributed by atoms with van der Waals surface area (Å²) in [5, 5.41) is 0. The van der Waals surface area contributed by atoms with Crippen molar-refractivity contribution in [1.82, 2.24) is 9.88 Å². The summed E-state index contributed by atoms with van der Waals surface area (Å²) in [4.78, 5) is 6.70. The molecule has 2 N–H and O–H groups in total. The van der Waals surface area contributed by atoms with Gasteiger partial charge in [-0.2, -0.15) is 0 Å². The molecule has 0 atom stereocenters. The van der Waals surface area contributed by atoms with Gasteiger partial charge in [0.25, 0.3) is 0 Å². The molecule has 16 heavy (non-hydrogen) atoms. The second-order valence-corrected chi connectivity index (χ2v) is 4.14. The van der Waals surface area contributed by atoms with E-state index in [1.807, 2.05) is 6.20 Å². The molecular weight excluding hydrogens is 198 g/mol. The molecule has 0 aliphatic carbocycles. The van der Waals surface area contributed by atoms with E-state index in [0.29, 0.717) is 6.54 Å². The highest BCUT2D eigenvalue weighted by molar-refractivity contribution is 5.16. The third-order valence-corrected chi connectivity index (χ3v) is 2.58. The Hall–Kier alpha value is -0.930. The Labute approximate surface area is 98.7 Å². The van der Waals surface area contributed by atoms with E-state index in [1.165, 1.54) is 18.4 Å². The molecule has 0 saturated heterocycles. The standard InChI is InChI=1S/C13H23N3/c1-3-7-16(8-4-2)11-12-5-6-15-13(9-12)10-14/h5-6,9H,3-4,7-8,10-11,14H2,1-2H3. The average Bonchev–Trinajstić information content (AvgIpc) is 2.30. The summed E-state index contributed by atoms with van der Waals surface area (Å²) in [5.74, 6) is 0. The minimum absolute atomic E-state index is 0.523. The quantitative estimate of drug-likeness (QED) is 0.767. The highest BCUT2D eigenvalue weighted by atomic mass is 15.1. The van der Waals surface area contributed by atoms with E-state index in [1.54, 1.807) is 0 Å². The number of hydrogen-bond donors (Lipinski definition) is 1. The van der Waals surface area contributed by atoms with E-state index in [2.05, 4.69) is 35.9 Å². The lowest BCUT2D eigenvalue weighted by atomic mass is 10.2. The van der Waals surface area contributed by atoms with E-state index in [-0.39, 0.29) is 0 Å². The van der Waals surface area contributed by atoms with Crippen molar-refractivity contribution >= 4 is 0 Å². The van der Waals surface area contributed by atoms with E-state index >= 15 is 0 Å². The fraction of sp³-hybridized carbons (Fsp3) is 0.615. The van der Waals surface area contributed by atoms with Gasteiger partial charge in [0.15, 0.2) is 0 Å². The molecule has 90 valence electrons. The number of nitrogens with zero attached hydrogens (tertiary/aromatic N) is 2. The van der Waals surface area contributed by atoms with Crippen molar-refractivity contribution in [2.45, 2.75) is 39.8 Å². The summed E-state index contributed by atoms with van der Waals surface area (Å²) < 4.78 is 0. The van der Waals surface area contributed by atoms with Crippen LogP contribution in [0, 0.1) is 0 Å². The molecule has 1 heterocycles. The van der Waals surface area contributed by atoms with Gasteiger partial charge in [-0.05, 0) is 43.6 Å². The fourth-order valence-electron chi connectivity index (χ4n) is 1.90. The molecule has 1 aromatic rings. The van der Waals surface area contributed by atoms with Crippen LogP contribution in [0.5, 0.6) is 0 Å². The summed E-state index contributed by atoms with van der Waals surface area (Å²) in [6, 6.07) is 4.19. The number of nitrogens with two attached hydrogens (primary N) is 1. The van der Waals surface area contributed by atoms with Crippen LogP contribution >= 0.6 is 0 Å². The molecule has 1 aromatic heterocycles. The maximum atomic E-state index is 5.59. The van der Waals surface area contributed by atoms with Crippen molar-refractivity contribution in [3.05, 3.63) is 29.6 Å². The van der Waals surface area contributed by atoms with E-state index in [0.717, 1.165) is 25.3 Å². The van der Waals surface area contributed by atoms with Gasteiger partial charge >= 0.3 is 0 Å². The van der Waals surface area contributed by atoms with Gasteiger partial charge < -0.3 is 5.73 Å². The number of aromatic nitrogens is 1. The third-order valence-electron chi connectivity index (χ3n) is 2.58. The van der Waals surface area contributed by atoms with Crippen LogP contribution in [-0.2, 0) is 13.1 Å². The largest absolute Gasteiger partial charge is 0.325 e. The van der Waals surface area contributed by atoms with Gasteiger partial charge in [0.1, 0.15) is 0 Å². The van der Waals surface area contributed by atoms with E-state index in [9.17, 15) is 0 Å². The summed E-state index contributed by atoms with van der Waals surface area (Å²) in [6.07, 6.45) is 4.26. The van der Waals surface area contributed by atoms with E-state index < -0.39 is 0 Å². The lowest BCUT2D eigenvalue weighted by Crippen LogP contribution is -2.25. The Morgan fingerprint density at radius 1 is 1.25 bits per heavy atom. The maximum absolute atomic E-state index is 5.59. The van der Waals surface area contributed by atoms with Gasteiger partial charge in [-0.1, -0.05) is 13.8 Å². The Bertz CT molecular complexity index is 293. The molecule has 0 aliphatic heterocycles. The first-order valence-corrected chi connectivity index (χ1v) is 6.16. The zero-order valence-electron chi connectivity index (χ0n) is 10.4. The second-order valence-electron chi connectivity index (χ2n) is 4.14. The monoisotopic (exact) mass is 221 g/mol. The normalized spacial score (nSPS) is 11.0. The van der Waals surface area contributed by atoms with Crippen LogP contribution < -0.4 is 5.73 Å². The van der Waals surface area contributed by atoms with Crippen molar-refractivity contribution < 1.29 is 0 Å². The second kappa shape index (κ2) is 7.36. The lowest BCUT2D eigenvalue weighted by molar-refractivity contribution is 0.266. The number of hydrogen-bond acceptors (Lipinski definition) is 3. The molecule has 0 aliphatic rings. The van der Waals surface area contributed by atoms with Gasteiger partial charge in [-0.15, -0.1) is 0 Å². The predicted octanol–water partition coefficient (Wildman–Crippen LogP) is 2.16. The first-order chi connectivity index (χ1) is 7.80. The summed E-state index contributed by atoms with van der Waals surface area (Å²) in [6.45, 7) is 8.30. The van der Waals surface area contributed by atoms with Crippen LogP contribution in [-0.4, -0.2) is 23.0 Å². The minimum atomic E-state index is 0.523. The molecule has 0 fully saturated rings. The van der Waals surface area contributed by atoms with Crippen LogP contribution in [0.25, 0.3) is 0 Å². The van der Waals surface area contributed by atoms with Gasteiger partial charge in [-0.3, -0.25) is 9.88 Å². The fourth-order valence-corrected chi connectivity index (χ4v) is 1.90. The van der Waals surface area contributed by atoms with Crippen molar-refractivity contribution in [2.24, 2.45) is 5.73 Å². The van der Waals surface area contributed by atoms with Crippen LogP contribution in [0.1, 0.15) is 37.9 Å². The molecule has 0 radical (unpaired) electrons. The molecule has 3 heteroatoms. The summed E-state index contributed by atoms with van der Waals surface area (Å²) >= 11 is 0. The van der Waals surface area contributed by atoms with Crippen LogP contribution in [0.2, 0.25) is 0 Å². The summed E-state index contributed by atoms with van der Waals surface area (Å²) in [5.41, 5.74) is 7.89. The van der Waals surface area contributed by atoms with Gasteiger partial charge in [0.05, 0.1) is 5.69 Å². The highest BCUT2D eigenvalue weighted by Crippen LogP contribution is 2.07. The Kier molecular flexibility index (Phi) is 6.04. The molecule has 0 aromatic carbocycles. The van der Waals surface area contributed by atoms with E-state index in [4.69, 9.17) is 5.73 Å². The number of rotatable bonds is 7. The molecule has 0 spiro atoms. The van der Waals surface area contributed by atoms with Gasteiger partial charge in [0, 0.05) is 19.3 Å². The molecule has 0 unspecified atom stereocenters. The molecule has 0 saturated carbocycles. The zero-order valence-corrected chi connectivity index (χ0v) is 10.4. The van der Waals surface area contributed by atoms with Crippen LogP contribution in [0.3, 0.4) is 0 Å². The van der Waals surface area contributed by atoms with Crippen molar-refractivity contribution in [3.63, 3.8) is 0 Å². The van der Waals surface area contributed by atoms with Crippen molar-refractivity contribution in [3.8, 4) is 0 Å². The first-order valence-electron chi connectivity index (χ1n) is 6.16. The molecule has 3 nitrogen and oxygen atoms in total. The SMILES string of the molecule is CCCN(CCC)Cc1ccnc(CN)c1. The van der Waals surface area contributed by atoms with Gasteiger partial charge in [-0.25, -0.2) is 0 Å². The van der Waals surface area contributed by atoms with Crippen molar-refractivity contribution in [1.29, 1.82) is 0 Å². The number of pyridine rings is 1. The summed E-state index contributed by atoms with van der Waals surface area (Å²) in [7, 11) is 0.